The van der Waals surface area contributed by atoms with E-state index in [1.165, 1.54) is 10.5 Å². The van der Waals surface area contributed by atoms with E-state index in [2.05, 4.69) is 17.4 Å². The first-order chi connectivity index (χ1) is 14.7. The molecule has 1 saturated heterocycles. The number of methoxy groups -OCH3 is 1. The molecule has 4 rings (SSSR count). The number of rotatable bonds is 7. The summed E-state index contributed by atoms with van der Waals surface area (Å²) in [5.74, 6) is 2.62. The second-order valence-electron chi connectivity index (χ2n) is 7.95. The van der Waals surface area contributed by atoms with Crippen LogP contribution in [-0.4, -0.2) is 45.9 Å². The molecule has 1 amide bonds. The standard InChI is InChI=1S/C24H30N2O4/c1-28-21-8-3-2-6-18(21)11-12-25-24(27)17-26-13-4-7-20(26)19-9-10-22-23(16-19)30-15-5-14-29-22/h2-3,6,8-10,16,20H,4-5,7,11-15,17H2,1H3,(H,25,27)/p+1/t20-/m0/s1. The van der Waals surface area contributed by atoms with Crippen LogP contribution in [0.5, 0.6) is 17.2 Å². The molecule has 0 spiro atoms. The maximum Gasteiger partial charge on any atom is 0.275 e. The van der Waals surface area contributed by atoms with Crippen LogP contribution < -0.4 is 24.4 Å². The number of quaternary nitrogens is 1. The third-order valence-corrected chi connectivity index (χ3v) is 5.95. The lowest BCUT2D eigenvalue weighted by atomic mass is 10.0. The van der Waals surface area contributed by atoms with E-state index in [1.807, 2.05) is 30.3 Å². The molecule has 0 aromatic heterocycles. The van der Waals surface area contributed by atoms with E-state index in [4.69, 9.17) is 14.2 Å². The molecule has 2 N–H and O–H groups in total. The Bertz CT molecular complexity index is 870. The van der Waals surface area contributed by atoms with Gasteiger partial charge in [-0.25, -0.2) is 0 Å². The molecule has 0 saturated carbocycles. The summed E-state index contributed by atoms with van der Waals surface area (Å²) in [6.07, 6.45) is 3.88. The molecule has 1 unspecified atom stereocenters. The molecule has 2 aromatic rings. The first-order valence-electron chi connectivity index (χ1n) is 10.9. The van der Waals surface area contributed by atoms with Gasteiger partial charge < -0.3 is 24.4 Å². The SMILES string of the molecule is COc1ccccc1CCNC(=O)C[NH+]1CCC[C@H]1c1ccc2c(c1)OCCCO2. The van der Waals surface area contributed by atoms with Crippen LogP contribution in [0.2, 0.25) is 0 Å². The van der Waals surface area contributed by atoms with Crippen LogP contribution >= 0.6 is 0 Å². The van der Waals surface area contributed by atoms with Crippen molar-refractivity contribution in [2.75, 3.05) is 40.0 Å². The minimum absolute atomic E-state index is 0.0983. The molecule has 0 aliphatic carbocycles. The quantitative estimate of drug-likeness (QED) is 0.731. The van der Waals surface area contributed by atoms with Gasteiger partial charge in [-0.2, -0.15) is 0 Å². The topological polar surface area (TPSA) is 61.2 Å². The average molecular weight is 412 g/mol. The molecule has 0 radical (unpaired) electrons. The van der Waals surface area contributed by atoms with Crippen molar-refractivity contribution < 1.29 is 23.9 Å². The van der Waals surface area contributed by atoms with Crippen molar-refractivity contribution in [2.24, 2.45) is 0 Å². The van der Waals surface area contributed by atoms with Gasteiger partial charge in [0.2, 0.25) is 0 Å². The lowest BCUT2D eigenvalue weighted by Gasteiger charge is -2.22. The van der Waals surface area contributed by atoms with Crippen LogP contribution in [0.3, 0.4) is 0 Å². The molecule has 0 bridgehead atoms. The molecule has 2 aliphatic rings. The largest absolute Gasteiger partial charge is 0.496 e. The zero-order valence-electron chi connectivity index (χ0n) is 17.6. The number of carbonyl (C=O) groups is 1. The van der Waals surface area contributed by atoms with Crippen LogP contribution in [0.25, 0.3) is 0 Å². The molecular formula is C24H31N2O4+. The van der Waals surface area contributed by atoms with Gasteiger partial charge in [-0.05, 0) is 36.2 Å². The maximum absolute atomic E-state index is 12.6. The van der Waals surface area contributed by atoms with Crippen LogP contribution in [0, 0.1) is 0 Å². The Labute approximate surface area is 178 Å². The van der Waals surface area contributed by atoms with Gasteiger partial charge in [0.05, 0.1) is 26.9 Å². The molecule has 160 valence electrons. The lowest BCUT2D eigenvalue weighted by molar-refractivity contribution is -0.910. The van der Waals surface area contributed by atoms with Crippen molar-refractivity contribution in [1.29, 1.82) is 0 Å². The van der Waals surface area contributed by atoms with Crippen LogP contribution in [0.15, 0.2) is 42.5 Å². The molecular weight excluding hydrogens is 380 g/mol. The van der Waals surface area contributed by atoms with E-state index in [-0.39, 0.29) is 5.91 Å². The van der Waals surface area contributed by atoms with Crippen LogP contribution in [0.4, 0.5) is 0 Å². The lowest BCUT2D eigenvalue weighted by Crippen LogP contribution is -3.11. The first-order valence-corrected chi connectivity index (χ1v) is 10.9. The van der Waals surface area contributed by atoms with Crippen molar-refractivity contribution >= 4 is 5.91 Å². The Morgan fingerprint density at radius 1 is 1.13 bits per heavy atom. The smallest absolute Gasteiger partial charge is 0.275 e. The predicted molar refractivity (Wildman–Crippen MR) is 114 cm³/mol. The average Bonchev–Trinajstić information content (AvgIpc) is 3.09. The van der Waals surface area contributed by atoms with E-state index in [9.17, 15) is 4.79 Å². The van der Waals surface area contributed by atoms with E-state index in [0.29, 0.717) is 32.3 Å². The number of hydrogen-bond acceptors (Lipinski definition) is 4. The Morgan fingerprint density at radius 2 is 1.97 bits per heavy atom. The van der Waals surface area contributed by atoms with Crippen molar-refractivity contribution in [3.05, 3.63) is 53.6 Å². The van der Waals surface area contributed by atoms with Gasteiger partial charge >= 0.3 is 0 Å². The minimum Gasteiger partial charge on any atom is -0.496 e. The van der Waals surface area contributed by atoms with Crippen molar-refractivity contribution in [2.45, 2.75) is 31.7 Å². The van der Waals surface area contributed by atoms with Crippen molar-refractivity contribution in [3.8, 4) is 17.2 Å². The van der Waals surface area contributed by atoms with Gasteiger partial charge in [-0.3, -0.25) is 4.79 Å². The fourth-order valence-corrected chi connectivity index (χ4v) is 4.44. The fraction of sp³-hybridized carbons (Fsp3) is 0.458. The Balaban J connectivity index is 1.32. The molecule has 6 heteroatoms. The van der Waals surface area contributed by atoms with E-state index in [0.717, 1.165) is 55.0 Å². The molecule has 30 heavy (non-hydrogen) atoms. The Morgan fingerprint density at radius 3 is 2.83 bits per heavy atom. The highest BCUT2D eigenvalue weighted by molar-refractivity contribution is 5.76. The molecule has 2 atom stereocenters. The summed E-state index contributed by atoms with van der Waals surface area (Å²) >= 11 is 0. The summed E-state index contributed by atoms with van der Waals surface area (Å²) in [7, 11) is 1.67. The third-order valence-electron chi connectivity index (χ3n) is 5.95. The Hall–Kier alpha value is -2.73. The van der Waals surface area contributed by atoms with Gasteiger partial charge in [0.25, 0.3) is 5.91 Å². The summed E-state index contributed by atoms with van der Waals surface area (Å²) in [4.78, 5) is 13.9. The number of nitrogens with one attached hydrogen (secondary N) is 2. The second kappa shape index (κ2) is 9.85. The van der Waals surface area contributed by atoms with Crippen LogP contribution in [-0.2, 0) is 11.2 Å². The first kappa shape index (κ1) is 20.5. The number of hydrogen-bond donors (Lipinski definition) is 2. The summed E-state index contributed by atoms with van der Waals surface area (Å²) in [6.45, 7) is 3.50. The highest BCUT2D eigenvalue weighted by Crippen LogP contribution is 2.33. The molecule has 6 nitrogen and oxygen atoms in total. The molecule has 1 fully saturated rings. The Kier molecular flexibility index (Phi) is 6.74. The van der Waals surface area contributed by atoms with Gasteiger partial charge in [0.15, 0.2) is 18.0 Å². The normalized spacial score (nSPS) is 20.4. The number of benzene rings is 2. The molecule has 2 aliphatic heterocycles. The number of carbonyl (C=O) groups excluding carboxylic acids is 1. The zero-order valence-corrected chi connectivity index (χ0v) is 17.6. The summed E-state index contributed by atoms with van der Waals surface area (Å²) < 4.78 is 17.0. The molecule has 2 aromatic carbocycles. The maximum atomic E-state index is 12.6. The number of fused-ring (bicyclic) bond motifs is 1. The predicted octanol–water partition coefficient (Wildman–Crippen LogP) is 1.94. The number of ether oxygens (including phenoxy) is 3. The number of amides is 1. The highest BCUT2D eigenvalue weighted by atomic mass is 16.5. The van der Waals surface area contributed by atoms with Gasteiger partial charge in [-0.15, -0.1) is 0 Å². The van der Waals surface area contributed by atoms with Gasteiger partial charge in [0, 0.05) is 31.4 Å². The van der Waals surface area contributed by atoms with Crippen LogP contribution in [0.1, 0.15) is 36.4 Å². The van der Waals surface area contributed by atoms with Crippen molar-refractivity contribution in [1.82, 2.24) is 5.32 Å². The van der Waals surface area contributed by atoms with E-state index in [1.54, 1.807) is 7.11 Å². The van der Waals surface area contributed by atoms with E-state index < -0.39 is 0 Å². The minimum atomic E-state index is 0.0983. The van der Waals surface area contributed by atoms with E-state index >= 15 is 0 Å². The summed E-state index contributed by atoms with van der Waals surface area (Å²) in [6, 6.07) is 14.5. The van der Waals surface area contributed by atoms with Gasteiger partial charge in [0.1, 0.15) is 11.8 Å². The third kappa shape index (κ3) is 4.87. The second-order valence-corrected chi connectivity index (χ2v) is 7.95. The summed E-state index contributed by atoms with van der Waals surface area (Å²) in [5, 5.41) is 3.08. The van der Waals surface area contributed by atoms with Crippen molar-refractivity contribution in [3.63, 3.8) is 0 Å². The zero-order chi connectivity index (χ0) is 20.8. The number of para-hydroxylation sites is 1. The number of likely N-dealkylation sites (tertiary alicyclic amines) is 1. The highest BCUT2D eigenvalue weighted by Gasteiger charge is 2.32. The summed E-state index contributed by atoms with van der Waals surface area (Å²) in [5.41, 5.74) is 2.34. The fourth-order valence-electron chi connectivity index (χ4n) is 4.44. The molecule has 2 heterocycles. The monoisotopic (exact) mass is 411 g/mol. The van der Waals surface area contributed by atoms with Gasteiger partial charge in [-0.1, -0.05) is 18.2 Å².